The third-order valence-corrected chi connectivity index (χ3v) is 11.2. The lowest BCUT2D eigenvalue weighted by atomic mass is 9.89. The molecule has 19 heteroatoms. The van der Waals surface area contributed by atoms with E-state index in [1.165, 1.54) is 18.3 Å². The monoisotopic (exact) mass is 886 g/mol. The summed E-state index contributed by atoms with van der Waals surface area (Å²) in [6, 6.07) is 14.0. The van der Waals surface area contributed by atoms with Crippen LogP contribution >= 0.6 is 11.3 Å². The Balaban J connectivity index is 1.54. The number of amides is 3. The number of ether oxygens (including phenoxy) is 1. The van der Waals surface area contributed by atoms with E-state index >= 15 is 0 Å². The van der Waals surface area contributed by atoms with Crippen molar-refractivity contribution in [3.8, 4) is 0 Å². The first kappa shape index (κ1) is 49.4. The van der Waals surface area contributed by atoms with Crippen LogP contribution < -0.4 is 38.9 Å². The second-order valence-electron chi connectivity index (χ2n) is 15.8. The number of guanidine groups is 2. The molecular weight excluding hydrogens is 825 g/mol. The number of carbonyl (C=O) groups is 5. The quantitative estimate of drug-likeness (QED) is 0.0188. The van der Waals surface area contributed by atoms with Crippen LogP contribution in [-0.4, -0.2) is 87.0 Å². The number of imidazole rings is 1. The smallest absolute Gasteiger partial charge is 0.243 e. The van der Waals surface area contributed by atoms with Gasteiger partial charge in [0.15, 0.2) is 22.7 Å². The number of hydrogen-bond acceptors (Lipinski definition) is 11. The molecule has 63 heavy (non-hydrogen) atoms. The number of nitrogens with one attached hydrogen (secondary N) is 3. The molecular formula is C44H62N12O6S. The fourth-order valence-corrected chi connectivity index (χ4v) is 7.78. The minimum atomic E-state index is -1.07. The van der Waals surface area contributed by atoms with E-state index in [1.807, 2.05) is 68.4 Å². The summed E-state index contributed by atoms with van der Waals surface area (Å²) < 4.78 is 8.47. The molecule has 0 aliphatic heterocycles. The predicted octanol–water partition coefficient (Wildman–Crippen LogP) is 3.08. The molecule has 0 unspecified atom stereocenters. The molecule has 11 N–H and O–H groups in total. The second kappa shape index (κ2) is 25.7. The van der Waals surface area contributed by atoms with Gasteiger partial charge in [0.25, 0.3) is 0 Å². The van der Waals surface area contributed by atoms with Crippen molar-refractivity contribution in [2.45, 2.75) is 110 Å². The van der Waals surface area contributed by atoms with Crippen molar-refractivity contribution in [2.75, 3.05) is 13.1 Å². The van der Waals surface area contributed by atoms with Gasteiger partial charge < -0.3 is 48.2 Å². The first-order chi connectivity index (χ1) is 30.2. The Kier molecular flexibility index (Phi) is 20.1. The molecule has 0 radical (unpaired) electrons. The molecule has 0 aliphatic carbocycles. The Labute approximate surface area is 372 Å². The Bertz CT molecular complexity index is 2130. The zero-order valence-corrected chi connectivity index (χ0v) is 37.1. The molecule has 0 aliphatic rings. The third-order valence-electron chi connectivity index (χ3n) is 10.1. The van der Waals surface area contributed by atoms with Crippen molar-refractivity contribution in [1.29, 1.82) is 0 Å². The lowest BCUT2D eigenvalue weighted by molar-refractivity contribution is -0.133. The number of fused-ring (bicyclic) bond motifs is 1. The first-order valence-electron chi connectivity index (χ1n) is 21.2. The molecule has 4 rings (SSSR count). The summed E-state index contributed by atoms with van der Waals surface area (Å²) in [6.45, 7) is 6.41. The van der Waals surface area contributed by atoms with Crippen molar-refractivity contribution in [2.24, 2.45) is 44.8 Å². The van der Waals surface area contributed by atoms with Gasteiger partial charge in [-0.1, -0.05) is 62.7 Å². The van der Waals surface area contributed by atoms with E-state index in [1.54, 1.807) is 17.1 Å². The summed E-state index contributed by atoms with van der Waals surface area (Å²) >= 11 is 1.24. The molecule has 0 saturated heterocycles. The molecule has 4 aromatic rings. The summed E-state index contributed by atoms with van der Waals surface area (Å²) in [7, 11) is 0. The number of aromatic nitrogens is 3. The fourth-order valence-electron chi connectivity index (χ4n) is 6.82. The molecule has 2 heterocycles. The third kappa shape index (κ3) is 17.2. The Morgan fingerprint density at radius 3 is 2.13 bits per heavy atom. The van der Waals surface area contributed by atoms with E-state index in [-0.39, 0.29) is 73.4 Å². The largest absolute Gasteiger partial charge is 0.370 e. The summed E-state index contributed by atoms with van der Waals surface area (Å²) in [5, 5.41) is 8.80. The lowest BCUT2D eigenvalue weighted by Gasteiger charge is -2.26. The molecule has 0 saturated carbocycles. The molecule has 0 fully saturated rings. The van der Waals surface area contributed by atoms with E-state index in [0.29, 0.717) is 56.5 Å². The average Bonchev–Trinajstić information content (AvgIpc) is 3.89. The molecule has 2 aromatic heterocycles. The maximum absolute atomic E-state index is 14.4. The van der Waals surface area contributed by atoms with Crippen LogP contribution in [0.4, 0.5) is 0 Å². The maximum atomic E-state index is 14.4. The van der Waals surface area contributed by atoms with Crippen LogP contribution in [-0.2, 0) is 43.7 Å². The molecule has 3 amide bonds. The molecule has 18 nitrogen and oxygen atoms in total. The summed E-state index contributed by atoms with van der Waals surface area (Å²) in [5.74, 6) is -3.01. The minimum absolute atomic E-state index is 0.0538. The van der Waals surface area contributed by atoms with Crippen molar-refractivity contribution in [3.63, 3.8) is 0 Å². The standard InChI is InChI=1S/C44H62N12O6S/c1-28(2)18-19-31(40(60)54-35(16-11-21-51-44(47)48)39(59)42-55-34-15-7-8-17-38(34)63-42)22-37(58)33(14-9-10-20-50-43(45)46)53-41(61)36(52-29(3)57)23-32-24-49-26-56(32)27-62-25-30-12-5-4-6-13-30/h4-8,12-13,15,17,24,26,28,31,33,35-36H,9-11,14,16,18-23,25,27H2,1-3H3,(H,52,57)(H,53,61)(H,54,60)(H4,45,46,50)(H4,47,48,51)/t31-,33+,35+,36+/m1/s1. The highest BCUT2D eigenvalue weighted by Crippen LogP contribution is 2.25. The highest BCUT2D eigenvalue weighted by atomic mass is 32.1. The molecule has 0 spiro atoms. The highest BCUT2D eigenvalue weighted by molar-refractivity contribution is 7.20. The number of ketones is 2. The number of thiazole rings is 1. The summed E-state index contributed by atoms with van der Waals surface area (Å²) in [6.07, 6.45) is 5.77. The van der Waals surface area contributed by atoms with Gasteiger partial charge in [0.05, 0.1) is 35.2 Å². The van der Waals surface area contributed by atoms with Crippen molar-refractivity contribution < 1.29 is 28.7 Å². The van der Waals surface area contributed by atoms with E-state index in [2.05, 4.69) is 35.9 Å². The minimum Gasteiger partial charge on any atom is -0.370 e. The van der Waals surface area contributed by atoms with Crippen LogP contribution in [0.3, 0.4) is 0 Å². The van der Waals surface area contributed by atoms with E-state index in [4.69, 9.17) is 27.7 Å². The number of para-hydroxylation sites is 1. The number of rotatable bonds is 28. The van der Waals surface area contributed by atoms with Crippen molar-refractivity contribution >= 4 is 62.8 Å². The zero-order chi connectivity index (χ0) is 45.7. The molecule has 4 atom stereocenters. The van der Waals surface area contributed by atoms with E-state index < -0.39 is 41.8 Å². The number of benzene rings is 2. The van der Waals surface area contributed by atoms with Gasteiger partial charge in [-0.25, -0.2) is 9.97 Å². The van der Waals surface area contributed by atoms with E-state index in [9.17, 15) is 24.0 Å². The van der Waals surface area contributed by atoms with Gasteiger partial charge in [-0.05, 0) is 62.1 Å². The van der Waals surface area contributed by atoms with Gasteiger partial charge in [-0.2, -0.15) is 0 Å². The number of hydrogen-bond donors (Lipinski definition) is 7. The van der Waals surface area contributed by atoms with E-state index in [0.717, 1.165) is 10.3 Å². The van der Waals surface area contributed by atoms with Gasteiger partial charge in [0.2, 0.25) is 23.5 Å². The lowest BCUT2D eigenvalue weighted by Crippen LogP contribution is -2.52. The Hall–Kier alpha value is -6.21. The predicted molar refractivity (Wildman–Crippen MR) is 244 cm³/mol. The SMILES string of the molecule is CC(=O)N[C@@H](Cc1cncn1COCc1ccccc1)C(=O)N[C@@H](CCCCN=C(N)N)C(=O)C[C@@H](CCC(C)C)C(=O)N[C@@H](CCCN=C(N)N)C(=O)c1nc2ccccc2s1. The topological polar surface area (TPSA) is 290 Å². The number of aliphatic imine (C=N–C) groups is 2. The number of nitrogens with two attached hydrogens (primary N) is 4. The first-order valence-corrected chi connectivity index (χ1v) is 22.0. The Morgan fingerprint density at radius 1 is 0.778 bits per heavy atom. The van der Waals surface area contributed by atoms with Crippen LogP contribution in [0.1, 0.15) is 93.2 Å². The zero-order valence-electron chi connectivity index (χ0n) is 36.3. The van der Waals surface area contributed by atoms with Crippen molar-refractivity contribution in [3.05, 3.63) is 83.4 Å². The van der Waals surface area contributed by atoms with Gasteiger partial charge in [0.1, 0.15) is 12.8 Å². The maximum Gasteiger partial charge on any atom is 0.243 e. The molecule has 340 valence electrons. The number of unbranched alkanes of at least 4 members (excludes halogenated alkanes) is 1. The molecule has 0 bridgehead atoms. The summed E-state index contributed by atoms with van der Waals surface area (Å²) in [5.41, 5.74) is 24.4. The van der Waals surface area contributed by atoms with Crippen LogP contribution in [0.5, 0.6) is 0 Å². The van der Waals surface area contributed by atoms with Crippen LogP contribution in [0, 0.1) is 11.8 Å². The van der Waals surface area contributed by atoms with Crippen molar-refractivity contribution in [1.82, 2.24) is 30.5 Å². The van der Waals surface area contributed by atoms with Gasteiger partial charge in [0, 0.05) is 50.7 Å². The number of carbonyl (C=O) groups excluding carboxylic acids is 5. The van der Waals surface area contributed by atoms with Gasteiger partial charge in [-0.15, -0.1) is 11.3 Å². The number of nitrogens with zero attached hydrogens (tertiary/aromatic N) is 5. The second-order valence-corrected chi connectivity index (χ2v) is 16.9. The normalized spacial score (nSPS) is 13.1. The fraction of sp³-hybridized carbons (Fsp3) is 0.477. The van der Waals surface area contributed by atoms with Crippen LogP contribution in [0.25, 0.3) is 10.2 Å². The van der Waals surface area contributed by atoms with Gasteiger partial charge in [-0.3, -0.25) is 34.0 Å². The molecule has 2 aromatic carbocycles. The Morgan fingerprint density at radius 2 is 1.44 bits per heavy atom. The van der Waals surface area contributed by atoms with Crippen LogP contribution in [0.15, 0.2) is 77.1 Å². The van der Waals surface area contributed by atoms with Crippen LogP contribution in [0.2, 0.25) is 0 Å². The average molecular weight is 887 g/mol. The van der Waals surface area contributed by atoms with Gasteiger partial charge >= 0.3 is 0 Å². The highest BCUT2D eigenvalue weighted by Gasteiger charge is 2.33. The summed E-state index contributed by atoms with van der Waals surface area (Å²) in [4.78, 5) is 86.0. The number of Topliss-reactive ketones (excluding diaryl/α,β-unsaturated/α-hetero) is 2.